The van der Waals surface area contributed by atoms with Crippen molar-refractivity contribution in [2.75, 3.05) is 7.11 Å². The third-order valence-corrected chi connectivity index (χ3v) is 2.71. The van der Waals surface area contributed by atoms with Gasteiger partial charge in [-0.2, -0.15) is 0 Å². The first-order valence-electron chi connectivity index (χ1n) is 4.94. The van der Waals surface area contributed by atoms with Gasteiger partial charge >= 0.3 is 5.97 Å². The molecule has 1 aromatic heterocycles. The first kappa shape index (κ1) is 9.96. The first-order valence-corrected chi connectivity index (χ1v) is 4.94. The van der Waals surface area contributed by atoms with E-state index in [1.54, 1.807) is 0 Å². The van der Waals surface area contributed by atoms with Crippen LogP contribution in [-0.4, -0.2) is 18.9 Å². The molecule has 1 aliphatic carbocycles. The summed E-state index contributed by atoms with van der Waals surface area (Å²) in [4.78, 5) is 22.8. The monoisotopic (exact) mass is 208 g/mol. The number of carbonyl (C=O) groups excluding carboxylic acids is 2. The number of esters is 1. The van der Waals surface area contributed by atoms with Crippen LogP contribution in [0.15, 0.2) is 16.5 Å². The number of Topliss-reactive ketones (excluding diaryl/α,β-unsaturated/α-hetero) is 1. The molecule has 0 unspecified atom stereocenters. The Morgan fingerprint density at radius 3 is 2.53 bits per heavy atom. The normalized spacial score (nSPS) is 15.8. The number of ketones is 1. The van der Waals surface area contributed by atoms with Crippen LogP contribution in [-0.2, 0) is 4.74 Å². The fourth-order valence-corrected chi connectivity index (χ4v) is 1.55. The van der Waals surface area contributed by atoms with Crippen molar-refractivity contribution >= 4 is 11.8 Å². The standard InChI is InChI=1S/C11H12O4/c1-14-11(13)9-6-5-8(15-9)10(12)7-3-2-4-7/h5-7H,2-4H2,1H3. The first-order chi connectivity index (χ1) is 7.22. The minimum absolute atomic E-state index is 0.00333. The van der Waals surface area contributed by atoms with Crippen LogP contribution in [0.5, 0.6) is 0 Å². The van der Waals surface area contributed by atoms with Gasteiger partial charge in [-0.1, -0.05) is 6.42 Å². The van der Waals surface area contributed by atoms with Gasteiger partial charge in [0.1, 0.15) is 0 Å². The highest BCUT2D eigenvalue weighted by atomic mass is 16.5. The Morgan fingerprint density at radius 2 is 2.00 bits per heavy atom. The van der Waals surface area contributed by atoms with Crippen LogP contribution in [0.2, 0.25) is 0 Å². The van der Waals surface area contributed by atoms with E-state index in [2.05, 4.69) is 4.74 Å². The number of hydrogen-bond acceptors (Lipinski definition) is 4. The molecule has 4 nitrogen and oxygen atoms in total. The Balaban J connectivity index is 2.12. The minimum Gasteiger partial charge on any atom is -0.463 e. The topological polar surface area (TPSA) is 56.5 Å². The maximum Gasteiger partial charge on any atom is 0.373 e. The van der Waals surface area contributed by atoms with Crippen molar-refractivity contribution in [3.63, 3.8) is 0 Å². The second-order valence-corrected chi connectivity index (χ2v) is 3.65. The summed E-state index contributed by atoms with van der Waals surface area (Å²) in [5.74, 6) is -0.124. The highest BCUT2D eigenvalue weighted by Gasteiger charge is 2.28. The quantitative estimate of drug-likeness (QED) is 0.563. The van der Waals surface area contributed by atoms with Gasteiger partial charge in [-0.3, -0.25) is 4.79 Å². The second-order valence-electron chi connectivity index (χ2n) is 3.65. The molecule has 1 aromatic rings. The number of ether oxygens (including phenoxy) is 1. The summed E-state index contributed by atoms with van der Waals surface area (Å²) in [5.41, 5.74) is 0. The highest BCUT2D eigenvalue weighted by molar-refractivity contribution is 5.97. The van der Waals surface area contributed by atoms with Crippen LogP contribution in [0.1, 0.15) is 40.4 Å². The molecular weight excluding hydrogens is 196 g/mol. The Morgan fingerprint density at radius 1 is 1.33 bits per heavy atom. The largest absolute Gasteiger partial charge is 0.463 e. The Bertz CT molecular complexity index is 387. The van der Waals surface area contributed by atoms with Crippen LogP contribution in [0, 0.1) is 5.92 Å². The van der Waals surface area contributed by atoms with Gasteiger partial charge in [0, 0.05) is 5.92 Å². The zero-order valence-corrected chi connectivity index (χ0v) is 8.49. The van der Waals surface area contributed by atoms with Crippen molar-refractivity contribution in [1.29, 1.82) is 0 Å². The van der Waals surface area contributed by atoms with E-state index in [-0.39, 0.29) is 23.2 Å². The number of carbonyl (C=O) groups is 2. The van der Waals surface area contributed by atoms with E-state index in [0.29, 0.717) is 0 Å². The molecule has 4 heteroatoms. The lowest BCUT2D eigenvalue weighted by Crippen LogP contribution is -2.21. The van der Waals surface area contributed by atoms with Crippen LogP contribution >= 0.6 is 0 Å². The summed E-state index contributed by atoms with van der Waals surface area (Å²) in [5, 5.41) is 0. The van der Waals surface area contributed by atoms with Crippen LogP contribution in [0.25, 0.3) is 0 Å². The van der Waals surface area contributed by atoms with Crippen molar-refractivity contribution in [1.82, 2.24) is 0 Å². The average molecular weight is 208 g/mol. The molecule has 0 bridgehead atoms. The van der Waals surface area contributed by atoms with Crippen molar-refractivity contribution in [2.45, 2.75) is 19.3 Å². The lowest BCUT2D eigenvalue weighted by molar-refractivity contribution is 0.0561. The number of methoxy groups -OCH3 is 1. The lowest BCUT2D eigenvalue weighted by Gasteiger charge is -2.22. The summed E-state index contributed by atoms with van der Waals surface area (Å²) in [6.45, 7) is 0. The predicted molar refractivity (Wildman–Crippen MR) is 51.7 cm³/mol. The third-order valence-electron chi connectivity index (χ3n) is 2.71. The van der Waals surface area contributed by atoms with Gasteiger partial charge in [0.25, 0.3) is 0 Å². The fraction of sp³-hybridized carbons (Fsp3) is 0.455. The molecule has 0 N–H and O–H groups in total. The fourth-order valence-electron chi connectivity index (χ4n) is 1.55. The molecule has 0 atom stereocenters. The van der Waals surface area contributed by atoms with Gasteiger partial charge in [-0.05, 0) is 25.0 Å². The Kier molecular flexibility index (Phi) is 2.58. The maximum atomic E-state index is 11.7. The summed E-state index contributed by atoms with van der Waals surface area (Å²) in [6, 6.07) is 3.00. The summed E-state index contributed by atoms with van der Waals surface area (Å²) in [7, 11) is 1.28. The van der Waals surface area contributed by atoms with E-state index in [1.165, 1.54) is 19.2 Å². The minimum atomic E-state index is -0.553. The molecule has 1 heterocycles. The number of hydrogen-bond donors (Lipinski definition) is 0. The third kappa shape index (κ3) is 1.79. The second kappa shape index (κ2) is 3.88. The highest BCUT2D eigenvalue weighted by Crippen LogP contribution is 2.30. The van der Waals surface area contributed by atoms with Crippen molar-refractivity contribution in [2.24, 2.45) is 5.92 Å². The molecule has 0 spiro atoms. The summed E-state index contributed by atoms with van der Waals surface area (Å²) < 4.78 is 9.62. The summed E-state index contributed by atoms with van der Waals surface area (Å²) >= 11 is 0. The van der Waals surface area contributed by atoms with E-state index >= 15 is 0 Å². The number of rotatable bonds is 3. The molecule has 0 aromatic carbocycles. The zero-order chi connectivity index (χ0) is 10.8. The molecule has 80 valence electrons. The van der Waals surface area contributed by atoms with Gasteiger partial charge in [0.05, 0.1) is 7.11 Å². The molecule has 2 rings (SSSR count). The number of furan rings is 1. The van der Waals surface area contributed by atoms with Crippen molar-refractivity contribution < 1.29 is 18.7 Å². The Labute approximate surface area is 87.2 Å². The Hall–Kier alpha value is -1.58. The van der Waals surface area contributed by atoms with Gasteiger partial charge in [0.2, 0.25) is 11.5 Å². The van der Waals surface area contributed by atoms with Gasteiger partial charge < -0.3 is 9.15 Å². The van der Waals surface area contributed by atoms with Crippen molar-refractivity contribution in [3.8, 4) is 0 Å². The van der Waals surface area contributed by atoms with Crippen molar-refractivity contribution in [3.05, 3.63) is 23.7 Å². The lowest BCUT2D eigenvalue weighted by atomic mass is 9.81. The molecule has 0 aliphatic heterocycles. The van der Waals surface area contributed by atoms with E-state index in [1.807, 2.05) is 0 Å². The SMILES string of the molecule is COC(=O)c1ccc(C(=O)C2CCC2)o1. The average Bonchev–Trinajstić information content (AvgIpc) is 2.62. The van der Waals surface area contributed by atoms with Crippen LogP contribution < -0.4 is 0 Å². The van der Waals surface area contributed by atoms with E-state index < -0.39 is 5.97 Å². The maximum absolute atomic E-state index is 11.7. The van der Waals surface area contributed by atoms with Gasteiger partial charge in [-0.25, -0.2) is 4.79 Å². The van der Waals surface area contributed by atoms with E-state index in [9.17, 15) is 9.59 Å². The smallest absolute Gasteiger partial charge is 0.373 e. The van der Waals surface area contributed by atoms with Gasteiger partial charge in [-0.15, -0.1) is 0 Å². The van der Waals surface area contributed by atoms with Crippen LogP contribution in [0.4, 0.5) is 0 Å². The molecule has 1 fully saturated rings. The summed E-state index contributed by atoms with van der Waals surface area (Å²) in [6.07, 6.45) is 2.95. The van der Waals surface area contributed by atoms with E-state index in [0.717, 1.165) is 19.3 Å². The molecule has 0 radical (unpaired) electrons. The van der Waals surface area contributed by atoms with Crippen LogP contribution in [0.3, 0.4) is 0 Å². The molecule has 0 amide bonds. The molecule has 1 aliphatic rings. The molecule has 0 saturated heterocycles. The predicted octanol–water partition coefficient (Wildman–Crippen LogP) is 2.05. The molecule has 15 heavy (non-hydrogen) atoms. The zero-order valence-electron chi connectivity index (χ0n) is 8.49. The molecular formula is C11H12O4. The molecule has 1 saturated carbocycles. The van der Waals surface area contributed by atoms with Gasteiger partial charge in [0.15, 0.2) is 5.76 Å². The van der Waals surface area contributed by atoms with E-state index in [4.69, 9.17) is 4.42 Å².